The Labute approximate surface area is 160 Å². The topological polar surface area (TPSA) is 58.6 Å². The van der Waals surface area contributed by atoms with Crippen molar-refractivity contribution in [2.75, 3.05) is 13.2 Å². The van der Waals surface area contributed by atoms with Gasteiger partial charge in [-0.3, -0.25) is 14.5 Å². The summed E-state index contributed by atoms with van der Waals surface area (Å²) < 4.78 is 6.11. The van der Waals surface area contributed by atoms with Crippen LogP contribution >= 0.6 is 24.0 Å². The summed E-state index contributed by atoms with van der Waals surface area (Å²) in [5, 5.41) is 2.91. The molecule has 2 fully saturated rings. The molecule has 0 bridgehead atoms. The first-order valence-electron chi connectivity index (χ1n) is 8.26. The van der Waals surface area contributed by atoms with Crippen molar-refractivity contribution in [2.24, 2.45) is 5.92 Å². The second-order valence-corrected chi connectivity index (χ2v) is 7.67. The van der Waals surface area contributed by atoms with Crippen LogP contribution in [0.15, 0.2) is 65.1 Å². The number of nitrogens with one attached hydrogen (secondary N) is 1. The number of benzene rings is 1. The third kappa shape index (κ3) is 3.08. The van der Waals surface area contributed by atoms with Gasteiger partial charge in [-0.2, -0.15) is 0 Å². The van der Waals surface area contributed by atoms with Crippen LogP contribution in [0.1, 0.15) is 0 Å². The van der Waals surface area contributed by atoms with E-state index in [4.69, 9.17) is 17.0 Å². The maximum atomic E-state index is 12.8. The number of thioether (sulfide) groups is 1. The summed E-state index contributed by atoms with van der Waals surface area (Å²) in [6, 6.07) is 9.32. The van der Waals surface area contributed by atoms with Gasteiger partial charge in [0.2, 0.25) is 5.91 Å². The van der Waals surface area contributed by atoms with Gasteiger partial charge >= 0.3 is 0 Å². The monoisotopic (exact) mass is 384 g/mol. The zero-order valence-electron chi connectivity index (χ0n) is 13.8. The number of amides is 2. The molecule has 0 saturated carbocycles. The number of carbonyl (C=O) groups is 2. The fraction of sp³-hybridized carbons (Fsp3) is 0.211. The Morgan fingerprint density at radius 3 is 2.73 bits per heavy atom. The summed E-state index contributed by atoms with van der Waals surface area (Å²) in [6.45, 7) is 0.682. The van der Waals surface area contributed by atoms with Crippen LogP contribution in [0.5, 0.6) is 5.75 Å². The number of rotatable bonds is 4. The van der Waals surface area contributed by atoms with E-state index in [1.54, 1.807) is 0 Å². The quantitative estimate of drug-likeness (QED) is 0.638. The Bertz CT molecular complexity index is 861. The molecule has 2 amide bonds. The minimum absolute atomic E-state index is 0.0903. The van der Waals surface area contributed by atoms with Crippen LogP contribution in [0.2, 0.25) is 0 Å². The van der Waals surface area contributed by atoms with E-state index in [2.05, 4.69) is 5.32 Å². The molecule has 0 unspecified atom stereocenters. The summed E-state index contributed by atoms with van der Waals surface area (Å²) in [7, 11) is 0. The number of nitrogens with zero attached hydrogens (tertiary/aromatic N) is 1. The average Bonchev–Trinajstić information content (AvgIpc) is 3.12. The lowest BCUT2D eigenvalue weighted by Gasteiger charge is -2.16. The lowest BCUT2D eigenvalue weighted by molar-refractivity contribution is -0.123. The van der Waals surface area contributed by atoms with Gasteiger partial charge in [-0.25, -0.2) is 0 Å². The second-order valence-electron chi connectivity index (χ2n) is 6.02. The molecule has 2 aliphatic heterocycles. The number of hydrogen-bond acceptors (Lipinski definition) is 5. The fourth-order valence-corrected chi connectivity index (χ4v) is 4.60. The number of ether oxygens (including phenoxy) is 1. The van der Waals surface area contributed by atoms with E-state index in [9.17, 15) is 9.59 Å². The molecule has 1 N–H and O–H groups in total. The van der Waals surface area contributed by atoms with E-state index in [1.165, 1.54) is 16.7 Å². The van der Waals surface area contributed by atoms with Crippen molar-refractivity contribution in [2.45, 2.75) is 6.04 Å². The van der Waals surface area contributed by atoms with Crippen LogP contribution in [-0.2, 0) is 9.59 Å². The number of allylic oxidation sites excluding steroid dienone is 2. The molecule has 0 radical (unpaired) electrons. The molecular weight excluding hydrogens is 368 g/mol. The third-order valence-electron chi connectivity index (χ3n) is 4.43. The van der Waals surface area contributed by atoms with Crippen molar-refractivity contribution in [1.29, 1.82) is 0 Å². The van der Waals surface area contributed by atoms with Gasteiger partial charge in [-0.1, -0.05) is 66.5 Å². The van der Waals surface area contributed by atoms with Gasteiger partial charge in [-0.05, 0) is 12.1 Å². The molecule has 26 heavy (non-hydrogen) atoms. The highest BCUT2D eigenvalue weighted by atomic mass is 32.2. The van der Waals surface area contributed by atoms with Gasteiger partial charge in [-0.15, -0.1) is 0 Å². The van der Waals surface area contributed by atoms with E-state index in [1.807, 2.05) is 54.6 Å². The van der Waals surface area contributed by atoms with Gasteiger partial charge in [0, 0.05) is 11.5 Å². The first-order valence-corrected chi connectivity index (χ1v) is 9.49. The zero-order chi connectivity index (χ0) is 18.1. The normalized spacial score (nSPS) is 27.1. The van der Waals surface area contributed by atoms with Crippen LogP contribution in [0, 0.1) is 5.92 Å². The maximum Gasteiger partial charge on any atom is 0.266 e. The van der Waals surface area contributed by atoms with E-state index in [-0.39, 0.29) is 23.8 Å². The highest BCUT2D eigenvalue weighted by molar-refractivity contribution is 8.26. The standard InChI is InChI=1S/C19H16N2O3S2/c22-17-15(13-8-4-5-9-14(13)20-17)16-18(23)21(19(25)26-16)10-11-24-12-6-2-1-3-7-12/h1-9,13-14H,10-11H2,(H,20,22)/b16-15-/t13-,14+/m1/s1. The number of thiocarbonyl (C=S) groups is 1. The second kappa shape index (κ2) is 7.09. The first kappa shape index (κ1) is 17.1. The summed E-state index contributed by atoms with van der Waals surface area (Å²) >= 11 is 6.56. The van der Waals surface area contributed by atoms with Crippen LogP contribution in [0.3, 0.4) is 0 Å². The minimum Gasteiger partial charge on any atom is -0.492 e. The van der Waals surface area contributed by atoms with E-state index >= 15 is 0 Å². The molecule has 1 aliphatic carbocycles. The van der Waals surface area contributed by atoms with Gasteiger partial charge < -0.3 is 10.1 Å². The Balaban J connectivity index is 1.49. The smallest absolute Gasteiger partial charge is 0.266 e. The molecule has 7 heteroatoms. The molecule has 0 spiro atoms. The zero-order valence-corrected chi connectivity index (χ0v) is 15.4. The van der Waals surface area contributed by atoms with E-state index < -0.39 is 0 Å². The van der Waals surface area contributed by atoms with E-state index in [0.717, 1.165) is 5.75 Å². The molecule has 132 valence electrons. The summed E-state index contributed by atoms with van der Waals surface area (Å²) in [5.74, 6) is 0.207. The highest BCUT2D eigenvalue weighted by Gasteiger charge is 2.43. The Morgan fingerprint density at radius 2 is 1.92 bits per heavy atom. The molecule has 5 nitrogen and oxygen atoms in total. The number of fused-ring (bicyclic) bond motifs is 1. The van der Waals surface area contributed by atoms with Gasteiger partial charge in [0.15, 0.2) is 0 Å². The molecular formula is C19H16N2O3S2. The molecule has 2 atom stereocenters. The summed E-state index contributed by atoms with van der Waals surface area (Å²) in [6.07, 6.45) is 7.68. The predicted molar refractivity (Wildman–Crippen MR) is 105 cm³/mol. The first-order chi connectivity index (χ1) is 12.6. The highest BCUT2D eigenvalue weighted by Crippen LogP contribution is 2.39. The van der Waals surface area contributed by atoms with Crippen molar-refractivity contribution >= 4 is 40.1 Å². The molecule has 2 saturated heterocycles. The minimum atomic E-state index is -0.217. The summed E-state index contributed by atoms with van der Waals surface area (Å²) in [4.78, 5) is 27.2. The van der Waals surface area contributed by atoms with E-state index in [0.29, 0.717) is 28.0 Å². The number of para-hydroxylation sites is 1. The molecule has 0 aromatic heterocycles. The van der Waals surface area contributed by atoms with Crippen LogP contribution < -0.4 is 10.1 Å². The average molecular weight is 384 g/mol. The summed E-state index contributed by atoms with van der Waals surface area (Å²) in [5.41, 5.74) is 0.513. The molecule has 1 aromatic carbocycles. The van der Waals surface area contributed by atoms with Crippen LogP contribution in [0.25, 0.3) is 0 Å². The largest absolute Gasteiger partial charge is 0.492 e. The molecule has 4 rings (SSSR count). The van der Waals surface area contributed by atoms with Crippen molar-refractivity contribution in [3.8, 4) is 5.75 Å². The van der Waals surface area contributed by atoms with Gasteiger partial charge in [0.1, 0.15) is 16.7 Å². The Morgan fingerprint density at radius 1 is 1.15 bits per heavy atom. The van der Waals surface area contributed by atoms with Crippen LogP contribution in [-0.4, -0.2) is 40.2 Å². The van der Waals surface area contributed by atoms with Crippen molar-refractivity contribution in [3.63, 3.8) is 0 Å². The lowest BCUT2D eigenvalue weighted by Crippen LogP contribution is -2.32. The molecule has 2 heterocycles. The number of hydrogen-bond donors (Lipinski definition) is 1. The van der Waals surface area contributed by atoms with Crippen molar-refractivity contribution in [3.05, 3.63) is 65.1 Å². The Hall–Kier alpha value is -2.38. The number of carbonyl (C=O) groups excluding carboxylic acids is 2. The molecule has 3 aliphatic rings. The van der Waals surface area contributed by atoms with Crippen LogP contribution in [0.4, 0.5) is 0 Å². The third-order valence-corrected chi connectivity index (χ3v) is 5.90. The maximum absolute atomic E-state index is 12.8. The fourth-order valence-electron chi connectivity index (χ4n) is 3.18. The predicted octanol–water partition coefficient (Wildman–Crippen LogP) is 2.42. The van der Waals surface area contributed by atoms with Crippen molar-refractivity contribution in [1.82, 2.24) is 10.2 Å². The SMILES string of the molecule is O=C1N[C@H]2C=CC=C[C@H]2/C1=C1/SC(=S)N(CCOc2ccccc2)C1=O. The Kier molecular flexibility index (Phi) is 4.65. The van der Waals surface area contributed by atoms with Crippen molar-refractivity contribution < 1.29 is 14.3 Å². The van der Waals surface area contributed by atoms with Gasteiger partial charge in [0.25, 0.3) is 5.91 Å². The molecule has 1 aromatic rings. The lowest BCUT2D eigenvalue weighted by atomic mass is 9.91. The van der Waals surface area contributed by atoms with Gasteiger partial charge in [0.05, 0.1) is 17.5 Å².